The highest BCUT2D eigenvalue weighted by molar-refractivity contribution is 6.06. The molecule has 1 amide bonds. The normalized spacial score (nSPS) is 12.7. The van der Waals surface area contributed by atoms with Gasteiger partial charge in [-0.25, -0.2) is 0 Å². The van der Waals surface area contributed by atoms with Crippen LogP contribution in [-0.2, 0) is 0 Å². The number of fused-ring (bicyclic) bond motifs is 1. The Kier molecular flexibility index (Phi) is 5.36. The number of hydrogen-bond acceptors (Lipinski definition) is 6. The first kappa shape index (κ1) is 17.7. The molecule has 0 unspecified atom stereocenters. The van der Waals surface area contributed by atoms with Gasteiger partial charge in [-0.1, -0.05) is 0 Å². The predicted octanol–water partition coefficient (Wildman–Crippen LogP) is 3.13. The summed E-state index contributed by atoms with van der Waals surface area (Å²) in [6, 6.07) is 8.48. The third-order valence-corrected chi connectivity index (χ3v) is 3.96. The molecule has 0 atom stereocenters. The lowest BCUT2D eigenvalue weighted by molar-refractivity contribution is 0.102. The van der Waals surface area contributed by atoms with Crippen LogP contribution >= 0.6 is 0 Å². The van der Waals surface area contributed by atoms with Gasteiger partial charge in [-0.15, -0.1) is 0 Å². The molecular formula is C19H21NO6. The highest BCUT2D eigenvalue weighted by Crippen LogP contribution is 2.36. The minimum absolute atomic E-state index is 0.331. The number of benzene rings is 2. The van der Waals surface area contributed by atoms with Crippen LogP contribution in [-0.4, -0.2) is 40.5 Å². The monoisotopic (exact) mass is 359 g/mol. The maximum Gasteiger partial charge on any atom is 0.259 e. The fourth-order valence-electron chi connectivity index (χ4n) is 2.65. The van der Waals surface area contributed by atoms with Crippen molar-refractivity contribution in [3.63, 3.8) is 0 Å². The molecule has 2 aromatic rings. The standard InChI is InChI=1S/C19H21NO6/c1-22-15-11-17(24-3)16(23-2)10-13(15)19(21)20-12-5-6-14-18(9-12)26-8-4-7-25-14/h5-6,9-11H,4,7-8H2,1-3H3,(H,20,21). The molecule has 0 fully saturated rings. The Morgan fingerprint density at radius 2 is 1.54 bits per heavy atom. The van der Waals surface area contributed by atoms with E-state index >= 15 is 0 Å². The lowest BCUT2D eigenvalue weighted by atomic mass is 10.1. The van der Waals surface area contributed by atoms with Gasteiger partial charge in [-0.2, -0.15) is 0 Å². The van der Waals surface area contributed by atoms with Crippen molar-refractivity contribution >= 4 is 11.6 Å². The molecule has 0 spiro atoms. The molecule has 2 aromatic carbocycles. The molecule has 3 rings (SSSR count). The first-order valence-corrected chi connectivity index (χ1v) is 8.17. The number of carbonyl (C=O) groups excluding carboxylic acids is 1. The van der Waals surface area contributed by atoms with Gasteiger partial charge in [0, 0.05) is 30.3 Å². The minimum atomic E-state index is -0.336. The van der Waals surface area contributed by atoms with E-state index in [-0.39, 0.29) is 5.91 Å². The smallest absolute Gasteiger partial charge is 0.259 e. The number of hydrogen-bond donors (Lipinski definition) is 1. The van der Waals surface area contributed by atoms with Crippen LogP contribution < -0.4 is 29.0 Å². The van der Waals surface area contributed by atoms with Crippen LogP contribution in [0, 0.1) is 0 Å². The fourth-order valence-corrected chi connectivity index (χ4v) is 2.65. The van der Waals surface area contributed by atoms with E-state index in [2.05, 4.69) is 5.32 Å². The van der Waals surface area contributed by atoms with Crippen molar-refractivity contribution in [2.75, 3.05) is 39.9 Å². The van der Waals surface area contributed by atoms with Crippen LogP contribution in [0.25, 0.3) is 0 Å². The summed E-state index contributed by atoms with van der Waals surface area (Å²) >= 11 is 0. The molecule has 1 N–H and O–H groups in total. The van der Waals surface area contributed by atoms with Gasteiger partial charge in [0.15, 0.2) is 23.0 Å². The van der Waals surface area contributed by atoms with E-state index in [9.17, 15) is 4.79 Å². The van der Waals surface area contributed by atoms with E-state index in [1.54, 1.807) is 30.3 Å². The SMILES string of the molecule is COc1cc(OC)c(C(=O)Nc2ccc3c(c2)OCCCO3)cc1OC. The van der Waals surface area contributed by atoms with Crippen molar-refractivity contribution in [1.82, 2.24) is 0 Å². The molecule has 26 heavy (non-hydrogen) atoms. The highest BCUT2D eigenvalue weighted by Gasteiger charge is 2.19. The van der Waals surface area contributed by atoms with Crippen molar-refractivity contribution < 1.29 is 28.5 Å². The quantitative estimate of drug-likeness (QED) is 0.884. The highest BCUT2D eigenvalue weighted by atomic mass is 16.5. The van der Waals surface area contributed by atoms with Gasteiger partial charge in [0.25, 0.3) is 5.91 Å². The Bertz CT molecular complexity index is 805. The van der Waals surface area contributed by atoms with Gasteiger partial charge >= 0.3 is 0 Å². The Labute approximate surface area is 151 Å². The van der Waals surface area contributed by atoms with E-state index in [1.807, 2.05) is 0 Å². The predicted molar refractivity (Wildman–Crippen MR) is 96.1 cm³/mol. The largest absolute Gasteiger partial charge is 0.496 e. The Morgan fingerprint density at radius 3 is 2.23 bits per heavy atom. The molecular weight excluding hydrogens is 338 g/mol. The summed E-state index contributed by atoms with van der Waals surface area (Å²) in [4.78, 5) is 12.7. The molecule has 0 aliphatic carbocycles. The Hall–Kier alpha value is -3.09. The summed E-state index contributed by atoms with van der Waals surface area (Å²) in [7, 11) is 4.52. The Morgan fingerprint density at radius 1 is 0.885 bits per heavy atom. The topological polar surface area (TPSA) is 75.3 Å². The third kappa shape index (κ3) is 3.61. The van der Waals surface area contributed by atoms with Crippen molar-refractivity contribution in [2.45, 2.75) is 6.42 Å². The van der Waals surface area contributed by atoms with Gasteiger partial charge in [-0.05, 0) is 12.1 Å². The average Bonchev–Trinajstić information content (AvgIpc) is 2.91. The molecule has 0 saturated heterocycles. The molecule has 138 valence electrons. The zero-order valence-electron chi connectivity index (χ0n) is 15.0. The zero-order chi connectivity index (χ0) is 18.5. The molecule has 0 saturated carbocycles. The summed E-state index contributed by atoms with van der Waals surface area (Å²) < 4.78 is 27.1. The molecule has 7 nitrogen and oxygen atoms in total. The van der Waals surface area contributed by atoms with Gasteiger partial charge in [0.1, 0.15) is 5.75 Å². The summed E-state index contributed by atoms with van der Waals surface area (Å²) in [6.07, 6.45) is 0.819. The second-order valence-electron chi connectivity index (χ2n) is 5.57. The molecule has 0 bridgehead atoms. The lowest BCUT2D eigenvalue weighted by Crippen LogP contribution is -2.14. The van der Waals surface area contributed by atoms with Crippen LogP contribution in [0.3, 0.4) is 0 Å². The molecule has 1 aliphatic rings. The molecule has 7 heteroatoms. The second kappa shape index (κ2) is 7.86. The summed E-state index contributed by atoms with van der Waals surface area (Å²) in [5.41, 5.74) is 0.924. The molecule has 1 aliphatic heterocycles. The first-order chi connectivity index (χ1) is 12.7. The van der Waals surface area contributed by atoms with Gasteiger partial charge in [-0.3, -0.25) is 4.79 Å². The van der Waals surface area contributed by atoms with Gasteiger partial charge in [0.05, 0.1) is 40.1 Å². The van der Waals surface area contributed by atoms with Crippen molar-refractivity contribution in [1.29, 1.82) is 0 Å². The van der Waals surface area contributed by atoms with Gasteiger partial charge in [0.2, 0.25) is 0 Å². The van der Waals surface area contributed by atoms with Crippen molar-refractivity contribution in [2.24, 2.45) is 0 Å². The van der Waals surface area contributed by atoms with Gasteiger partial charge < -0.3 is 29.0 Å². The molecule has 0 aromatic heterocycles. The van der Waals surface area contributed by atoms with Crippen LogP contribution in [0.1, 0.15) is 16.8 Å². The van der Waals surface area contributed by atoms with Crippen LogP contribution in [0.15, 0.2) is 30.3 Å². The van der Waals surface area contributed by atoms with Crippen molar-refractivity contribution in [3.05, 3.63) is 35.9 Å². The summed E-state index contributed by atoms with van der Waals surface area (Å²) in [6.45, 7) is 1.19. The molecule has 1 heterocycles. The van der Waals surface area contributed by atoms with E-state index in [0.717, 1.165) is 6.42 Å². The van der Waals surface area contributed by atoms with E-state index in [4.69, 9.17) is 23.7 Å². The number of carbonyl (C=O) groups is 1. The zero-order valence-corrected chi connectivity index (χ0v) is 15.0. The van der Waals surface area contributed by atoms with Crippen LogP contribution in [0.4, 0.5) is 5.69 Å². The number of anilines is 1. The van der Waals surface area contributed by atoms with Crippen LogP contribution in [0.5, 0.6) is 28.7 Å². The Balaban J connectivity index is 1.87. The van der Waals surface area contributed by atoms with E-state index in [1.165, 1.54) is 21.3 Å². The lowest BCUT2D eigenvalue weighted by Gasteiger charge is -2.14. The minimum Gasteiger partial charge on any atom is -0.496 e. The van der Waals surface area contributed by atoms with E-state index in [0.29, 0.717) is 53.2 Å². The number of amides is 1. The first-order valence-electron chi connectivity index (χ1n) is 8.17. The average molecular weight is 359 g/mol. The number of nitrogens with one attached hydrogen (secondary N) is 1. The second-order valence-corrected chi connectivity index (χ2v) is 5.57. The molecule has 0 radical (unpaired) electrons. The maximum absolute atomic E-state index is 12.7. The third-order valence-electron chi connectivity index (χ3n) is 3.96. The number of rotatable bonds is 5. The van der Waals surface area contributed by atoms with E-state index < -0.39 is 0 Å². The fraction of sp³-hybridized carbons (Fsp3) is 0.316. The summed E-state index contributed by atoms with van der Waals surface area (Å²) in [5, 5.41) is 2.84. The summed E-state index contributed by atoms with van der Waals surface area (Å²) in [5.74, 6) is 2.25. The number of methoxy groups -OCH3 is 3. The van der Waals surface area contributed by atoms with Crippen LogP contribution in [0.2, 0.25) is 0 Å². The van der Waals surface area contributed by atoms with Crippen molar-refractivity contribution in [3.8, 4) is 28.7 Å². The number of ether oxygens (including phenoxy) is 5. The maximum atomic E-state index is 12.7.